The summed E-state index contributed by atoms with van der Waals surface area (Å²) in [5.41, 5.74) is 7.06. The topological polar surface area (TPSA) is 132 Å². The number of fused-ring (bicyclic) bond motifs is 1. The smallest absolute Gasteiger partial charge is 0.338 e. The van der Waals surface area contributed by atoms with Gasteiger partial charge in [-0.15, -0.1) is 0 Å². The number of hydrogen-bond acceptors (Lipinski definition) is 9. The van der Waals surface area contributed by atoms with Crippen molar-refractivity contribution in [1.82, 2.24) is 19.9 Å². The molecule has 1 aromatic heterocycles. The predicted molar refractivity (Wildman–Crippen MR) is 115 cm³/mol. The second-order valence-electron chi connectivity index (χ2n) is 7.32. The van der Waals surface area contributed by atoms with E-state index in [0.717, 1.165) is 10.5 Å². The molecule has 4 rings (SSSR count). The van der Waals surface area contributed by atoms with E-state index in [1.165, 1.54) is 18.2 Å². The standard InChI is InChI=1S/C22H20N6O4/c1-27(2)22-25-17(24-21(23)26-22)12-32-20(31)14-8-9-15-16(10-14)19(30)28(18(15)29)11-13-6-4-3-5-7-13/h3-10H,11-12H2,1-2H3,(H2,23,24,25,26). The number of carbonyl (C=O) groups is 3. The first-order valence-corrected chi connectivity index (χ1v) is 9.72. The van der Waals surface area contributed by atoms with Crippen LogP contribution in [0.2, 0.25) is 0 Å². The first-order valence-electron chi connectivity index (χ1n) is 9.72. The van der Waals surface area contributed by atoms with Gasteiger partial charge in [0, 0.05) is 14.1 Å². The van der Waals surface area contributed by atoms with Gasteiger partial charge in [-0.3, -0.25) is 14.5 Å². The van der Waals surface area contributed by atoms with Crippen LogP contribution in [-0.4, -0.2) is 51.7 Å². The molecule has 2 amide bonds. The summed E-state index contributed by atoms with van der Waals surface area (Å²) < 4.78 is 5.27. The number of nitrogen functional groups attached to an aromatic ring is 1. The molecule has 0 aliphatic carbocycles. The molecule has 0 saturated heterocycles. The Morgan fingerprint density at radius 3 is 2.44 bits per heavy atom. The van der Waals surface area contributed by atoms with Crippen LogP contribution in [0.5, 0.6) is 0 Å². The van der Waals surface area contributed by atoms with Gasteiger partial charge in [0.15, 0.2) is 12.4 Å². The SMILES string of the molecule is CN(C)c1nc(N)nc(COC(=O)c2ccc3c(c2)C(=O)N(Cc2ccccc2)C3=O)n1. The minimum atomic E-state index is -0.681. The van der Waals surface area contributed by atoms with Crippen LogP contribution in [0.25, 0.3) is 0 Å². The van der Waals surface area contributed by atoms with Gasteiger partial charge in [-0.2, -0.15) is 15.0 Å². The summed E-state index contributed by atoms with van der Waals surface area (Å²) in [6.45, 7) is -0.0710. The Hall–Kier alpha value is -4.34. The average Bonchev–Trinajstić information content (AvgIpc) is 3.02. The number of carbonyl (C=O) groups excluding carboxylic acids is 3. The molecule has 0 radical (unpaired) electrons. The zero-order valence-corrected chi connectivity index (χ0v) is 17.5. The van der Waals surface area contributed by atoms with Gasteiger partial charge in [0.1, 0.15) is 0 Å². The number of anilines is 2. The number of nitrogens with two attached hydrogens (primary N) is 1. The first-order chi connectivity index (χ1) is 15.3. The molecule has 2 aromatic carbocycles. The van der Waals surface area contributed by atoms with E-state index in [4.69, 9.17) is 10.5 Å². The minimum absolute atomic E-state index is 0.00916. The van der Waals surface area contributed by atoms with Crippen molar-refractivity contribution in [2.45, 2.75) is 13.2 Å². The van der Waals surface area contributed by atoms with Crippen molar-refractivity contribution in [1.29, 1.82) is 0 Å². The third-order valence-corrected chi connectivity index (χ3v) is 4.81. The highest BCUT2D eigenvalue weighted by atomic mass is 16.5. The van der Waals surface area contributed by atoms with Crippen LogP contribution in [-0.2, 0) is 17.9 Å². The van der Waals surface area contributed by atoms with Crippen molar-refractivity contribution in [3.8, 4) is 0 Å². The molecule has 0 atom stereocenters. The van der Waals surface area contributed by atoms with Crippen molar-refractivity contribution in [2.24, 2.45) is 0 Å². The predicted octanol–water partition coefficient (Wildman–Crippen LogP) is 1.67. The van der Waals surface area contributed by atoms with Crippen LogP contribution in [0, 0.1) is 0 Å². The second-order valence-corrected chi connectivity index (χ2v) is 7.32. The monoisotopic (exact) mass is 432 g/mol. The summed E-state index contributed by atoms with van der Waals surface area (Å²) in [6.07, 6.45) is 0. The Bertz CT molecular complexity index is 1210. The minimum Gasteiger partial charge on any atom is -0.454 e. The first kappa shape index (κ1) is 20.9. The molecule has 0 fully saturated rings. The number of hydrogen-bond donors (Lipinski definition) is 1. The Kier molecular flexibility index (Phi) is 5.50. The van der Waals surface area contributed by atoms with E-state index in [-0.39, 0.29) is 41.6 Å². The van der Waals surface area contributed by atoms with Gasteiger partial charge in [-0.25, -0.2) is 4.79 Å². The Morgan fingerprint density at radius 2 is 1.72 bits per heavy atom. The Labute approximate surface area is 183 Å². The average molecular weight is 432 g/mol. The van der Waals surface area contributed by atoms with E-state index in [1.54, 1.807) is 19.0 Å². The van der Waals surface area contributed by atoms with Crippen molar-refractivity contribution in [2.75, 3.05) is 24.7 Å². The number of nitrogens with zero attached hydrogens (tertiary/aromatic N) is 5. The van der Waals surface area contributed by atoms with Gasteiger partial charge >= 0.3 is 5.97 Å². The molecule has 32 heavy (non-hydrogen) atoms. The molecule has 10 heteroatoms. The van der Waals surface area contributed by atoms with Gasteiger partial charge in [-0.05, 0) is 23.8 Å². The number of esters is 1. The van der Waals surface area contributed by atoms with Gasteiger partial charge in [-0.1, -0.05) is 30.3 Å². The summed E-state index contributed by atoms with van der Waals surface area (Å²) in [5.74, 6) is -0.996. The lowest BCUT2D eigenvalue weighted by Crippen LogP contribution is -2.29. The number of amides is 2. The van der Waals surface area contributed by atoms with Crippen molar-refractivity contribution >= 4 is 29.7 Å². The Balaban J connectivity index is 1.49. The molecule has 2 N–H and O–H groups in total. The maximum atomic E-state index is 12.8. The van der Waals surface area contributed by atoms with E-state index in [9.17, 15) is 14.4 Å². The molecule has 0 unspecified atom stereocenters. The molecule has 162 valence electrons. The number of ether oxygens (including phenoxy) is 1. The fourth-order valence-corrected chi connectivity index (χ4v) is 3.23. The third kappa shape index (κ3) is 4.10. The van der Waals surface area contributed by atoms with Crippen LogP contribution in [0.1, 0.15) is 42.5 Å². The number of benzene rings is 2. The molecular weight excluding hydrogens is 412 g/mol. The number of rotatable bonds is 6. The maximum absolute atomic E-state index is 12.8. The van der Waals surface area contributed by atoms with Crippen LogP contribution < -0.4 is 10.6 Å². The molecule has 0 saturated carbocycles. The lowest BCUT2D eigenvalue weighted by atomic mass is 10.1. The molecule has 0 bridgehead atoms. The number of aromatic nitrogens is 3. The van der Waals surface area contributed by atoms with Crippen LogP contribution in [0.3, 0.4) is 0 Å². The maximum Gasteiger partial charge on any atom is 0.338 e. The highest BCUT2D eigenvalue weighted by Crippen LogP contribution is 2.26. The fraction of sp³-hybridized carbons (Fsp3) is 0.182. The fourth-order valence-electron chi connectivity index (χ4n) is 3.23. The second kappa shape index (κ2) is 8.42. The lowest BCUT2D eigenvalue weighted by Gasteiger charge is -2.13. The molecular formula is C22H20N6O4. The summed E-state index contributed by atoms with van der Waals surface area (Å²) in [5, 5.41) is 0. The highest BCUT2D eigenvalue weighted by Gasteiger charge is 2.36. The largest absolute Gasteiger partial charge is 0.454 e. The molecule has 3 aromatic rings. The summed E-state index contributed by atoms with van der Waals surface area (Å²) in [7, 11) is 3.49. The van der Waals surface area contributed by atoms with Gasteiger partial charge < -0.3 is 15.4 Å². The highest BCUT2D eigenvalue weighted by molar-refractivity contribution is 6.21. The van der Waals surface area contributed by atoms with Gasteiger partial charge in [0.2, 0.25) is 11.9 Å². The molecule has 1 aliphatic rings. The van der Waals surface area contributed by atoms with Crippen molar-refractivity contribution in [3.63, 3.8) is 0 Å². The van der Waals surface area contributed by atoms with Crippen molar-refractivity contribution in [3.05, 3.63) is 76.6 Å². The van der Waals surface area contributed by atoms with E-state index in [1.807, 2.05) is 30.3 Å². The van der Waals surface area contributed by atoms with Gasteiger partial charge in [0.05, 0.1) is 23.2 Å². The zero-order chi connectivity index (χ0) is 22.8. The quantitative estimate of drug-likeness (QED) is 0.456. The molecule has 10 nitrogen and oxygen atoms in total. The van der Waals surface area contributed by atoms with Crippen LogP contribution in [0.15, 0.2) is 48.5 Å². The zero-order valence-electron chi connectivity index (χ0n) is 17.5. The van der Waals surface area contributed by atoms with Crippen LogP contribution in [0.4, 0.5) is 11.9 Å². The van der Waals surface area contributed by atoms with E-state index >= 15 is 0 Å². The molecule has 1 aliphatic heterocycles. The van der Waals surface area contributed by atoms with Crippen molar-refractivity contribution < 1.29 is 19.1 Å². The lowest BCUT2D eigenvalue weighted by molar-refractivity contribution is 0.0461. The van der Waals surface area contributed by atoms with E-state index in [2.05, 4.69) is 15.0 Å². The summed E-state index contributed by atoms with van der Waals surface area (Å²) >= 11 is 0. The summed E-state index contributed by atoms with van der Waals surface area (Å²) in [6, 6.07) is 13.5. The van der Waals surface area contributed by atoms with E-state index < -0.39 is 17.8 Å². The third-order valence-electron chi connectivity index (χ3n) is 4.81. The molecule has 0 spiro atoms. The summed E-state index contributed by atoms with van der Waals surface area (Å²) in [4.78, 5) is 52.9. The Morgan fingerprint density at radius 1 is 1.00 bits per heavy atom. The van der Waals surface area contributed by atoms with Crippen LogP contribution >= 0.6 is 0 Å². The van der Waals surface area contributed by atoms with E-state index in [0.29, 0.717) is 5.95 Å². The number of imide groups is 1. The van der Waals surface area contributed by atoms with Gasteiger partial charge in [0.25, 0.3) is 11.8 Å². The normalized spacial score (nSPS) is 12.6. The molecule has 2 heterocycles.